The van der Waals surface area contributed by atoms with Crippen LogP contribution in [-0.2, 0) is 4.74 Å². The van der Waals surface area contributed by atoms with Crippen molar-refractivity contribution < 1.29 is 9.53 Å². The molecule has 122 valence electrons. The lowest BCUT2D eigenvalue weighted by atomic mass is 9.96. The molecule has 0 aromatic heterocycles. The molecule has 0 saturated carbocycles. The van der Waals surface area contributed by atoms with E-state index in [0.29, 0.717) is 12.0 Å². The number of carbonyl (C=O) groups excluding carboxylic acids is 1. The lowest BCUT2D eigenvalue weighted by Gasteiger charge is -2.38. The van der Waals surface area contributed by atoms with Gasteiger partial charge in [-0.05, 0) is 46.5 Å². The molecule has 0 aromatic carbocycles. The quantitative estimate of drug-likeness (QED) is 0.846. The van der Waals surface area contributed by atoms with Crippen LogP contribution < -0.4 is 5.32 Å². The van der Waals surface area contributed by atoms with Crippen molar-refractivity contribution in [3.8, 4) is 0 Å². The van der Waals surface area contributed by atoms with Gasteiger partial charge in [-0.25, -0.2) is 4.79 Å². The van der Waals surface area contributed by atoms with Gasteiger partial charge in [-0.1, -0.05) is 0 Å². The second kappa shape index (κ2) is 6.97. The Hall–Kier alpha value is -0.810. The maximum atomic E-state index is 12.0. The van der Waals surface area contributed by atoms with Crippen LogP contribution in [0.2, 0.25) is 0 Å². The number of carbonyl (C=O) groups is 1. The molecule has 2 heterocycles. The first-order valence-electron chi connectivity index (χ1n) is 8.27. The van der Waals surface area contributed by atoms with Crippen molar-refractivity contribution in [1.29, 1.82) is 0 Å². The van der Waals surface area contributed by atoms with E-state index in [1.54, 1.807) is 0 Å². The van der Waals surface area contributed by atoms with Crippen LogP contribution in [0.1, 0.15) is 40.5 Å². The number of piperidine rings is 1. The highest BCUT2D eigenvalue weighted by molar-refractivity contribution is 5.68. The second-order valence-corrected chi connectivity index (χ2v) is 7.53. The Labute approximate surface area is 129 Å². The Balaban J connectivity index is 1.71. The summed E-state index contributed by atoms with van der Waals surface area (Å²) >= 11 is 0. The monoisotopic (exact) mass is 297 g/mol. The van der Waals surface area contributed by atoms with Crippen molar-refractivity contribution >= 4 is 6.09 Å². The highest BCUT2D eigenvalue weighted by Gasteiger charge is 2.28. The van der Waals surface area contributed by atoms with E-state index in [1.165, 1.54) is 6.54 Å². The Morgan fingerprint density at radius 2 is 1.90 bits per heavy atom. The fourth-order valence-electron chi connectivity index (χ4n) is 3.17. The summed E-state index contributed by atoms with van der Waals surface area (Å²) in [4.78, 5) is 16.5. The molecule has 1 atom stereocenters. The highest BCUT2D eigenvalue weighted by atomic mass is 16.6. The largest absolute Gasteiger partial charge is 0.444 e. The van der Waals surface area contributed by atoms with Crippen LogP contribution in [0, 0.1) is 5.92 Å². The molecule has 1 N–H and O–H groups in total. The van der Waals surface area contributed by atoms with E-state index in [1.807, 2.05) is 25.7 Å². The smallest absolute Gasteiger partial charge is 0.410 e. The third-order valence-corrected chi connectivity index (χ3v) is 4.24. The first kappa shape index (κ1) is 16.6. The topological polar surface area (TPSA) is 44.8 Å². The minimum absolute atomic E-state index is 0.156. The summed E-state index contributed by atoms with van der Waals surface area (Å²) in [5.41, 5.74) is -0.398. The summed E-state index contributed by atoms with van der Waals surface area (Å²) in [6.45, 7) is 14.2. The lowest BCUT2D eigenvalue weighted by molar-refractivity contribution is 0.0166. The maximum Gasteiger partial charge on any atom is 0.410 e. The Bertz CT molecular complexity index is 346. The summed E-state index contributed by atoms with van der Waals surface area (Å²) in [6, 6.07) is 0.598. The minimum atomic E-state index is -0.398. The minimum Gasteiger partial charge on any atom is -0.444 e. The lowest BCUT2D eigenvalue weighted by Crippen LogP contribution is -2.51. The van der Waals surface area contributed by atoms with Gasteiger partial charge in [-0.15, -0.1) is 0 Å². The van der Waals surface area contributed by atoms with Crippen LogP contribution in [0.25, 0.3) is 0 Å². The zero-order chi connectivity index (χ0) is 15.5. The van der Waals surface area contributed by atoms with Crippen molar-refractivity contribution in [1.82, 2.24) is 15.1 Å². The number of likely N-dealkylation sites (tertiary alicyclic amines) is 1. The van der Waals surface area contributed by atoms with Crippen molar-refractivity contribution in [3.63, 3.8) is 0 Å². The molecule has 2 aliphatic rings. The number of piperazine rings is 1. The molecule has 0 spiro atoms. The van der Waals surface area contributed by atoms with Gasteiger partial charge < -0.3 is 19.9 Å². The van der Waals surface area contributed by atoms with Crippen LogP contribution in [0.15, 0.2) is 0 Å². The standard InChI is InChI=1S/C16H31N3O2/c1-13-11-18(10-7-17-13)12-14-5-8-19(9-6-14)15(20)21-16(2,3)4/h13-14,17H,5-12H2,1-4H3. The predicted molar refractivity (Wildman–Crippen MR) is 84.4 cm³/mol. The van der Waals surface area contributed by atoms with Crippen LogP contribution in [0.4, 0.5) is 4.79 Å². The molecule has 5 nitrogen and oxygen atoms in total. The van der Waals surface area contributed by atoms with Crippen LogP contribution >= 0.6 is 0 Å². The van der Waals surface area contributed by atoms with Gasteiger partial charge in [0.1, 0.15) is 5.60 Å². The number of amides is 1. The molecule has 2 rings (SSSR count). The Kier molecular flexibility index (Phi) is 5.49. The first-order chi connectivity index (χ1) is 9.83. The van der Waals surface area contributed by atoms with Gasteiger partial charge in [0.15, 0.2) is 0 Å². The van der Waals surface area contributed by atoms with Crippen molar-refractivity contribution in [2.45, 2.75) is 52.2 Å². The normalized spacial score (nSPS) is 25.9. The number of ether oxygens (including phenoxy) is 1. The summed E-state index contributed by atoms with van der Waals surface area (Å²) in [6.07, 6.45) is 2.03. The number of hydrogen-bond acceptors (Lipinski definition) is 4. The number of hydrogen-bond donors (Lipinski definition) is 1. The van der Waals surface area contributed by atoms with Gasteiger partial charge in [-0.2, -0.15) is 0 Å². The molecule has 1 unspecified atom stereocenters. The number of nitrogens with one attached hydrogen (secondary N) is 1. The van der Waals surface area contributed by atoms with E-state index >= 15 is 0 Å². The van der Waals surface area contributed by atoms with Crippen LogP contribution in [0.5, 0.6) is 0 Å². The third kappa shape index (κ3) is 5.47. The highest BCUT2D eigenvalue weighted by Crippen LogP contribution is 2.21. The van der Waals surface area contributed by atoms with Gasteiger partial charge in [0.05, 0.1) is 0 Å². The van der Waals surface area contributed by atoms with E-state index in [4.69, 9.17) is 4.74 Å². The summed E-state index contributed by atoms with van der Waals surface area (Å²) < 4.78 is 5.44. The molecule has 2 saturated heterocycles. The SMILES string of the molecule is CC1CN(CC2CCN(C(=O)OC(C)(C)C)CC2)CCN1. The van der Waals surface area contributed by atoms with E-state index in [0.717, 1.165) is 45.6 Å². The third-order valence-electron chi connectivity index (χ3n) is 4.24. The Morgan fingerprint density at radius 3 is 2.48 bits per heavy atom. The average Bonchev–Trinajstić information content (AvgIpc) is 2.37. The molecule has 0 aliphatic carbocycles. The van der Waals surface area contributed by atoms with Gasteiger partial charge in [0, 0.05) is 45.3 Å². The molecule has 2 fully saturated rings. The molecule has 1 amide bonds. The molecule has 0 bridgehead atoms. The molecular weight excluding hydrogens is 266 g/mol. The molecule has 5 heteroatoms. The zero-order valence-electron chi connectivity index (χ0n) is 14.0. The molecule has 0 radical (unpaired) electrons. The molecule has 2 aliphatic heterocycles. The van der Waals surface area contributed by atoms with Crippen LogP contribution in [-0.4, -0.2) is 66.8 Å². The van der Waals surface area contributed by atoms with Crippen LogP contribution in [0.3, 0.4) is 0 Å². The fraction of sp³-hybridized carbons (Fsp3) is 0.938. The van der Waals surface area contributed by atoms with E-state index in [2.05, 4.69) is 17.1 Å². The maximum absolute atomic E-state index is 12.0. The van der Waals surface area contributed by atoms with E-state index in [-0.39, 0.29) is 6.09 Å². The van der Waals surface area contributed by atoms with E-state index < -0.39 is 5.60 Å². The molecule has 0 aromatic rings. The first-order valence-corrected chi connectivity index (χ1v) is 8.27. The fourth-order valence-corrected chi connectivity index (χ4v) is 3.17. The number of rotatable bonds is 2. The summed E-state index contributed by atoms with van der Waals surface area (Å²) in [5, 5.41) is 3.48. The van der Waals surface area contributed by atoms with Gasteiger partial charge in [0.25, 0.3) is 0 Å². The zero-order valence-corrected chi connectivity index (χ0v) is 14.0. The second-order valence-electron chi connectivity index (χ2n) is 7.53. The van der Waals surface area contributed by atoms with Crippen molar-refractivity contribution in [2.24, 2.45) is 5.92 Å². The molecular formula is C16H31N3O2. The van der Waals surface area contributed by atoms with Crippen molar-refractivity contribution in [3.05, 3.63) is 0 Å². The number of nitrogens with zero attached hydrogens (tertiary/aromatic N) is 2. The van der Waals surface area contributed by atoms with Crippen molar-refractivity contribution in [2.75, 3.05) is 39.3 Å². The average molecular weight is 297 g/mol. The molecule has 21 heavy (non-hydrogen) atoms. The van der Waals surface area contributed by atoms with Gasteiger partial charge in [-0.3, -0.25) is 0 Å². The van der Waals surface area contributed by atoms with Gasteiger partial charge >= 0.3 is 6.09 Å². The van der Waals surface area contributed by atoms with Gasteiger partial charge in [0.2, 0.25) is 0 Å². The van der Waals surface area contributed by atoms with E-state index in [9.17, 15) is 4.79 Å². The predicted octanol–water partition coefficient (Wildman–Crippen LogP) is 1.93. The Morgan fingerprint density at radius 1 is 1.24 bits per heavy atom. The summed E-state index contributed by atoms with van der Waals surface area (Å²) in [5.74, 6) is 0.717. The summed E-state index contributed by atoms with van der Waals surface area (Å²) in [7, 11) is 0.